The van der Waals surface area contributed by atoms with E-state index in [0.29, 0.717) is 25.3 Å². The summed E-state index contributed by atoms with van der Waals surface area (Å²) >= 11 is 0. The highest BCUT2D eigenvalue weighted by atomic mass is 32.2. The molecule has 0 aliphatic carbocycles. The molecule has 0 saturated heterocycles. The summed E-state index contributed by atoms with van der Waals surface area (Å²) in [5, 5.41) is 2.85. The molecule has 1 aromatic rings. The molecule has 5 nitrogen and oxygen atoms in total. The lowest BCUT2D eigenvalue weighted by atomic mass is 10.1. The number of amides is 1. The van der Waals surface area contributed by atoms with E-state index in [-0.39, 0.29) is 10.8 Å². The lowest BCUT2D eigenvalue weighted by molar-refractivity contribution is -0.121. The molecule has 0 aliphatic rings. The maximum atomic E-state index is 11.6. The number of benzene rings is 1. The van der Waals surface area contributed by atoms with Crippen molar-refractivity contribution in [2.75, 3.05) is 13.6 Å². The van der Waals surface area contributed by atoms with E-state index in [4.69, 9.17) is 0 Å². The van der Waals surface area contributed by atoms with Crippen molar-refractivity contribution in [3.8, 4) is 0 Å². The molecule has 0 aromatic heterocycles. The Morgan fingerprint density at radius 1 is 1.20 bits per heavy atom. The van der Waals surface area contributed by atoms with Gasteiger partial charge < -0.3 is 5.32 Å². The van der Waals surface area contributed by atoms with Crippen LogP contribution in [0, 0.1) is 5.92 Å². The fraction of sp³-hybridized carbons (Fsp3) is 0.500. The number of carbonyl (C=O) groups is 1. The van der Waals surface area contributed by atoms with Crippen LogP contribution >= 0.6 is 0 Å². The van der Waals surface area contributed by atoms with E-state index >= 15 is 0 Å². The molecule has 0 atom stereocenters. The average Bonchev–Trinajstić information content (AvgIpc) is 2.43. The second kappa shape index (κ2) is 7.40. The van der Waals surface area contributed by atoms with Crippen LogP contribution in [0.3, 0.4) is 0 Å². The van der Waals surface area contributed by atoms with Crippen molar-refractivity contribution < 1.29 is 13.2 Å². The molecule has 0 fully saturated rings. The van der Waals surface area contributed by atoms with Crippen LogP contribution < -0.4 is 10.0 Å². The smallest absolute Gasteiger partial charge is 0.240 e. The molecular formula is C14H22N2O3S. The van der Waals surface area contributed by atoms with E-state index < -0.39 is 10.0 Å². The van der Waals surface area contributed by atoms with Gasteiger partial charge in [0.05, 0.1) is 4.90 Å². The van der Waals surface area contributed by atoms with Gasteiger partial charge in [0, 0.05) is 13.0 Å². The molecule has 0 spiro atoms. The Hall–Kier alpha value is -1.40. The molecule has 1 amide bonds. The van der Waals surface area contributed by atoms with Crippen molar-refractivity contribution in [2.24, 2.45) is 5.92 Å². The second-order valence-corrected chi connectivity index (χ2v) is 6.94. The van der Waals surface area contributed by atoms with Crippen molar-refractivity contribution in [1.29, 1.82) is 0 Å². The van der Waals surface area contributed by atoms with E-state index in [1.54, 1.807) is 24.3 Å². The first kappa shape index (κ1) is 16.7. The quantitative estimate of drug-likeness (QED) is 0.796. The van der Waals surface area contributed by atoms with Crippen LogP contribution in [0.4, 0.5) is 0 Å². The summed E-state index contributed by atoms with van der Waals surface area (Å²) in [6.45, 7) is 4.76. The number of carbonyl (C=O) groups excluding carboxylic acids is 1. The van der Waals surface area contributed by atoms with Crippen molar-refractivity contribution in [3.63, 3.8) is 0 Å². The van der Waals surface area contributed by atoms with Crippen LogP contribution in [0.5, 0.6) is 0 Å². The minimum absolute atomic E-state index is 0.0191. The molecule has 20 heavy (non-hydrogen) atoms. The summed E-state index contributed by atoms with van der Waals surface area (Å²) in [6.07, 6.45) is 1.01. The average molecular weight is 298 g/mol. The maximum absolute atomic E-state index is 11.6. The van der Waals surface area contributed by atoms with Gasteiger partial charge in [-0.25, -0.2) is 13.1 Å². The molecule has 0 unspecified atom stereocenters. The number of sulfonamides is 1. The molecular weight excluding hydrogens is 276 g/mol. The standard InChI is InChI=1S/C14H22N2O3S/c1-11(2)10-16-14(17)9-6-12-4-7-13(8-5-12)20(18,19)15-3/h4-5,7-8,11,15H,6,9-10H2,1-3H3,(H,16,17). The van der Waals surface area contributed by atoms with Crippen LogP contribution in [-0.4, -0.2) is 27.9 Å². The van der Waals surface area contributed by atoms with Gasteiger partial charge in [-0.3, -0.25) is 4.79 Å². The van der Waals surface area contributed by atoms with Gasteiger partial charge in [-0.05, 0) is 37.1 Å². The Labute approximate surface area is 120 Å². The third kappa shape index (κ3) is 5.30. The zero-order valence-electron chi connectivity index (χ0n) is 12.1. The molecule has 0 heterocycles. The van der Waals surface area contributed by atoms with Gasteiger partial charge in [0.25, 0.3) is 0 Å². The van der Waals surface area contributed by atoms with Crippen LogP contribution in [-0.2, 0) is 21.2 Å². The van der Waals surface area contributed by atoms with Gasteiger partial charge in [-0.1, -0.05) is 26.0 Å². The van der Waals surface area contributed by atoms with Gasteiger partial charge in [-0.15, -0.1) is 0 Å². The Morgan fingerprint density at radius 2 is 1.80 bits per heavy atom. The van der Waals surface area contributed by atoms with E-state index in [1.165, 1.54) is 7.05 Å². The first-order valence-corrected chi connectivity index (χ1v) is 8.12. The number of hydrogen-bond donors (Lipinski definition) is 2. The van der Waals surface area contributed by atoms with E-state index in [1.807, 2.05) is 13.8 Å². The van der Waals surface area contributed by atoms with E-state index in [2.05, 4.69) is 10.0 Å². The summed E-state index contributed by atoms with van der Waals surface area (Å²) in [6, 6.07) is 6.57. The first-order valence-electron chi connectivity index (χ1n) is 6.64. The van der Waals surface area contributed by atoms with Crippen molar-refractivity contribution >= 4 is 15.9 Å². The lowest BCUT2D eigenvalue weighted by Gasteiger charge is -2.08. The molecule has 1 rings (SSSR count). The molecule has 112 valence electrons. The predicted octanol–water partition coefficient (Wildman–Crippen LogP) is 1.30. The first-order chi connectivity index (χ1) is 9.35. The SMILES string of the molecule is CNS(=O)(=O)c1ccc(CCC(=O)NCC(C)C)cc1. The minimum Gasteiger partial charge on any atom is -0.356 e. The fourth-order valence-corrected chi connectivity index (χ4v) is 2.35. The van der Waals surface area contributed by atoms with Crippen LogP contribution in [0.1, 0.15) is 25.8 Å². The maximum Gasteiger partial charge on any atom is 0.240 e. The lowest BCUT2D eigenvalue weighted by Crippen LogP contribution is -2.27. The van der Waals surface area contributed by atoms with Gasteiger partial charge in [0.1, 0.15) is 0 Å². The largest absolute Gasteiger partial charge is 0.356 e. The summed E-state index contributed by atoms with van der Waals surface area (Å²) in [5.74, 6) is 0.454. The molecule has 2 N–H and O–H groups in total. The van der Waals surface area contributed by atoms with E-state index in [0.717, 1.165) is 5.56 Å². The zero-order chi connectivity index (χ0) is 15.2. The Kier molecular flexibility index (Phi) is 6.16. The zero-order valence-corrected chi connectivity index (χ0v) is 13.0. The Bertz CT molecular complexity index is 536. The number of rotatable bonds is 7. The van der Waals surface area contributed by atoms with E-state index in [9.17, 15) is 13.2 Å². The fourth-order valence-electron chi connectivity index (χ4n) is 1.62. The predicted molar refractivity (Wildman–Crippen MR) is 78.9 cm³/mol. The summed E-state index contributed by atoms with van der Waals surface area (Å²) < 4.78 is 25.4. The van der Waals surface area contributed by atoms with Crippen molar-refractivity contribution in [1.82, 2.24) is 10.0 Å². The molecule has 0 radical (unpaired) electrons. The second-order valence-electron chi connectivity index (χ2n) is 5.05. The third-order valence-electron chi connectivity index (χ3n) is 2.85. The van der Waals surface area contributed by atoms with Gasteiger partial charge >= 0.3 is 0 Å². The topological polar surface area (TPSA) is 75.3 Å². The normalized spacial score (nSPS) is 11.6. The number of aryl methyl sites for hydroxylation is 1. The highest BCUT2D eigenvalue weighted by Crippen LogP contribution is 2.11. The highest BCUT2D eigenvalue weighted by Gasteiger charge is 2.10. The molecule has 0 saturated carbocycles. The summed E-state index contributed by atoms with van der Waals surface area (Å²) in [4.78, 5) is 11.8. The molecule has 6 heteroatoms. The third-order valence-corrected chi connectivity index (χ3v) is 4.28. The monoisotopic (exact) mass is 298 g/mol. The number of hydrogen-bond acceptors (Lipinski definition) is 3. The minimum atomic E-state index is -3.39. The Morgan fingerprint density at radius 3 is 2.30 bits per heavy atom. The van der Waals surface area contributed by atoms with Gasteiger partial charge in [0.2, 0.25) is 15.9 Å². The van der Waals surface area contributed by atoms with Gasteiger partial charge in [-0.2, -0.15) is 0 Å². The molecule has 1 aromatic carbocycles. The molecule has 0 bridgehead atoms. The van der Waals surface area contributed by atoms with Gasteiger partial charge in [0.15, 0.2) is 0 Å². The molecule has 0 aliphatic heterocycles. The van der Waals surface area contributed by atoms with Crippen molar-refractivity contribution in [3.05, 3.63) is 29.8 Å². The van der Waals surface area contributed by atoms with Crippen LogP contribution in [0.25, 0.3) is 0 Å². The van der Waals surface area contributed by atoms with Crippen LogP contribution in [0.15, 0.2) is 29.2 Å². The summed E-state index contributed by atoms with van der Waals surface area (Å²) in [7, 11) is -2.02. The van der Waals surface area contributed by atoms with Crippen molar-refractivity contribution in [2.45, 2.75) is 31.6 Å². The summed E-state index contributed by atoms with van der Waals surface area (Å²) in [5.41, 5.74) is 0.944. The number of nitrogens with one attached hydrogen (secondary N) is 2. The van der Waals surface area contributed by atoms with Crippen LogP contribution in [0.2, 0.25) is 0 Å². The highest BCUT2D eigenvalue weighted by molar-refractivity contribution is 7.89. The Balaban J connectivity index is 2.52.